The Labute approximate surface area is 184 Å². The summed E-state index contributed by atoms with van der Waals surface area (Å²) in [6.45, 7) is 4.11. The van der Waals surface area contributed by atoms with Crippen molar-refractivity contribution in [3.8, 4) is 5.75 Å². The summed E-state index contributed by atoms with van der Waals surface area (Å²) < 4.78 is 18.7. The predicted octanol–water partition coefficient (Wildman–Crippen LogP) is 3.03. The van der Waals surface area contributed by atoms with E-state index in [1.165, 1.54) is 12.1 Å². The topological polar surface area (TPSA) is 66.0 Å². The summed E-state index contributed by atoms with van der Waals surface area (Å²) >= 11 is 0. The summed E-state index contributed by atoms with van der Waals surface area (Å²) in [7, 11) is 3.61. The number of hydrogen-bond donors (Lipinski definition) is 2. The molecule has 0 radical (unpaired) electrons. The fraction of sp³-hybridized carbons (Fsp3) is 0.600. The molecule has 8 heteroatoms. The van der Waals surface area contributed by atoms with Gasteiger partial charge in [0.1, 0.15) is 18.2 Å². The zero-order valence-electron chi connectivity index (χ0n) is 17.0. The van der Waals surface area contributed by atoms with Gasteiger partial charge in [-0.3, -0.25) is 9.79 Å². The number of carbonyl (C=O) groups excluding carboxylic acids is 1. The summed E-state index contributed by atoms with van der Waals surface area (Å²) in [5.74, 6) is 1.01. The molecule has 0 atom stereocenters. The van der Waals surface area contributed by atoms with Crippen molar-refractivity contribution in [1.82, 2.24) is 15.5 Å². The number of amides is 1. The lowest BCUT2D eigenvalue weighted by atomic mass is 9.85. The average Bonchev–Trinajstić information content (AvgIpc) is 3.12. The normalized spacial score (nSPS) is 15.5. The molecule has 0 heterocycles. The molecule has 1 aliphatic rings. The van der Waals surface area contributed by atoms with Crippen LogP contribution in [0.3, 0.4) is 0 Å². The summed E-state index contributed by atoms with van der Waals surface area (Å²) in [5.41, 5.74) is -0.385. The van der Waals surface area contributed by atoms with Crippen molar-refractivity contribution in [2.45, 2.75) is 32.6 Å². The van der Waals surface area contributed by atoms with Gasteiger partial charge in [-0.2, -0.15) is 0 Å². The van der Waals surface area contributed by atoms with Crippen molar-refractivity contribution in [2.24, 2.45) is 10.4 Å². The fourth-order valence-electron chi connectivity index (χ4n) is 3.43. The second kappa shape index (κ2) is 12.1. The van der Waals surface area contributed by atoms with Crippen LogP contribution >= 0.6 is 24.0 Å². The van der Waals surface area contributed by atoms with E-state index in [9.17, 15) is 9.18 Å². The zero-order valence-corrected chi connectivity index (χ0v) is 19.3. The molecule has 0 spiro atoms. The van der Waals surface area contributed by atoms with Gasteiger partial charge in [-0.1, -0.05) is 18.9 Å². The lowest BCUT2D eigenvalue weighted by molar-refractivity contribution is -0.138. The minimum Gasteiger partial charge on any atom is -0.492 e. The van der Waals surface area contributed by atoms with E-state index >= 15 is 0 Å². The lowest BCUT2D eigenvalue weighted by Crippen LogP contribution is -2.43. The molecule has 6 nitrogen and oxygen atoms in total. The maximum absolute atomic E-state index is 13.2. The quantitative estimate of drug-likeness (QED) is 0.246. The van der Waals surface area contributed by atoms with Gasteiger partial charge in [0, 0.05) is 26.7 Å². The molecule has 1 aromatic rings. The maximum atomic E-state index is 13.2. The van der Waals surface area contributed by atoms with Gasteiger partial charge in [0.25, 0.3) is 0 Å². The van der Waals surface area contributed by atoms with Crippen LogP contribution in [0.15, 0.2) is 29.3 Å². The van der Waals surface area contributed by atoms with E-state index in [-0.39, 0.29) is 41.1 Å². The molecule has 2 rings (SSSR count). The summed E-state index contributed by atoms with van der Waals surface area (Å²) in [6, 6.07) is 6.08. The lowest BCUT2D eigenvalue weighted by Gasteiger charge is -2.29. The molecule has 0 aromatic heterocycles. The highest BCUT2D eigenvalue weighted by molar-refractivity contribution is 14.0. The SMILES string of the molecule is CCNC(=NCC1(C(=O)N(C)C)CCCC1)NCCOc1cccc(F)c1.I. The molecule has 158 valence electrons. The Hall–Kier alpha value is -1.58. The van der Waals surface area contributed by atoms with Gasteiger partial charge in [0.2, 0.25) is 5.91 Å². The fourth-order valence-corrected chi connectivity index (χ4v) is 3.43. The van der Waals surface area contributed by atoms with Crippen LogP contribution in [0.1, 0.15) is 32.6 Å². The number of aliphatic imine (C=N–C) groups is 1. The van der Waals surface area contributed by atoms with Gasteiger partial charge in [-0.15, -0.1) is 24.0 Å². The third-order valence-corrected chi connectivity index (χ3v) is 4.76. The number of halogens is 2. The average molecular weight is 506 g/mol. The van der Waals surface area contributed by atoms with Crippen molar-refractivity contribution < 1.29 is 13.9 Å². The number of benzene rings is 1. The molecule has 2 N–H and O–H groups in total. The van der Waals surface area contributed by atoms with E-state index in [4.69, 9.17) is 4.74 Å². The molecule has 1 aliphatic carbocycles. The smallest absolute Gasteiger partial charge is 0.230 e. The number of nitrogens with zero attached hydrogens (tertiary/aromatic N) is 2. The molecule has 1 amide bonds. The minimum atomic E-state index is -0.385. The van der Waals surface area contributed by atoms with Gasteiger partial charge in [0.05, 0.1) is 18.5 Å². The van der Waals surface area contributed by atoms with Gasteiger partial charge in [0.15, 0.2) is 5.96 Å². The van der Waals surface area contributed by atoms with Crippen LogP contribution in [0.4, 0.5) is 4.39 Å². The number of ether oxygens (including phenoxy) is 1. The Bertz CT molecular complexity index is 649. The summed E-state index contributed by atoms with van der Waals surface area (Å²) in [6.07, 6.45) is 3.91. The van der Waals surface area contributed by atoms with Gasteiger partial charge >= 0.3 is 0 Å². The van der Waals surface area contributed by atoms with Crippen molar-refractivity contribution in [3.05, 3.63) is 30.1 Å². The van der Waals surface area contributed by atoms with E-state index in [0.717, 1.165) is 32.2 Å². The highest BCUT2D eigenvalue weighted by Crippen LogP contribution is 2.39. The summed E-state index contributed by atoms with van der Waals surface area (Å²) in [4.78, 5) is 19.0. The molecule has 1 aromatic carbocycles. The van der Waals surface area contributed by atoms with Crippen LogP contribution in [0.25, 0.3) is 0 Å². The Morgan fingerprint density at radius 2 is 2.00 bits per heavy atom. The first-order chi connectivity index (χ1) is 13.0. The molecule has 0 aliphatic heterocycles. The highest BCUT2D eigenvalue weighted by Gasteiger charge is 2.42. The molecule has 0 unspecified atom stereocenters. The second-order valence-electron chi connectivity index (χ2n) is 7.11. The van der Waals surface area contributed by atoms with Crippen LogP contribution in [-0.4, -0.2) is 57.1 Å². The number of hydrogen-bond acceptors (Lipinski definition) is 3. The third kappa shape index (κ3) is 7.10. The first-order valence-corrected chi connectivity index (χ1v) is 9.59. The molecule has 28 heavy (non-hydrogen) atoms. The molecule has 1 saturated carbocycles. The predicted molar refractivity (Wildman–Crippen MR) is 121 cm³/mol. The standard InChI is InChI=1S/C20H31FN4O2.HI/c1-4-22-19(23-12-13-27-17-9-7-8-16(21)14-17)24-15-20(10-5-6-11-20)18(26)25(2)3;/h7-9,14H,4-6,10-13,15H2,1-3H3,(H2,22,23,24);1H. The van der Waals surface area contributed by atoms with Crippen molar-refractivity contribution in [3.63, 3.8) is 0 Å². The minimum absolute atomic E-state index is 0. The van der Waals surface area contributed by atoms with Crippen LogP contribution in [0.2, 0.25) is 0 Å². The van der Waals surface area contributed by atoms with E-state index in [0.29, 0.717) is 31.4 Å². The number of nitrogens with one attached hydrogen (secondary N) is 2. The Balaban J connectivity index is 0.00000392. The maximum Gasteiger partial charge on any atom is 0.230 e. The van der Waals surface area contributed by atoms with Crippen LogP contribution in [-0.2, 0) is 4.79 Å². The summed E-state index contributed by atoms with van der Waals surface area (Å²) in [5, 5.41) is 6.41. The largest absolute Gasteiger partial charge is 0.492 e. The molecule has 0 bridgehead atoms. The number of rotatable bonds is 8. The van der Waals surface area contributed by atoms with Crippen LogP contribution < -0.4 is 15.4 Å². The van der Waals surface area contributed by atoms with Gasteiger partial charge < -0.3 is 20.3 Å². The molecule has 0 saturated heterocycles. The Morgan fingerprint density at radius 1 is 1.29 bits per heavy atom. The van der Waals surface area contributed by atoms with E-state index < -0.39 is 0 Å². The zero-order chi connectivity index (χ0) is 19.7. The van der Waals surface area contributed by atoms with Gasteiger partial charge in [-0.05, 0) is 31.9 Å². The van der Waals surface area contributed by atoms with Crippen LogP contribution in [0.5, 0.6) is 5.75 Å². The first-order valence-electron chi connectivity index (χ1n) is 9.59. The highest BCUT2D eigenvalue weighted by atomic mass is 127. The monoisotopic (exact) mass is 506 g/mol. The number of guanidine groups is 1. The van der Waals surface area contributed by atoms with Crippen molar-refractivity contribution in [2.75, 3.05) is 40.3 Å². The molecular weight excluding hydrogens is 474 g/mol. The molecular formula is C20H32FIN4O2. The molecule has 1 fully saturated rings. The van der Waals surface area contributed by atoms with E-state index in [2.05, 4.69) is 15.6 Å². The van der Waals surface area contributed by atoms with E-state index in [1.807, 2.05) is 6.92 Å². The van der Waals surface area contributed by atoms with Crippen LogP contribution in [0, 0.1) is 11.2 Å². The first kappa shape index (κ1) is 24.5. The van der Waals surface area contributed by atoms with Gasteiger partial charge in [-0.25, -0.2) is 4.39 Å². The third-order valence-electron chi connectivity index (χ3n) is 4.76. The number of carbonyl (C=O) groups is 1. The second-order valence-corrected chi connectivity index (χ2v) is 7.11. The Morgan fingerprint density at radius 3 is 2.61 bits per heavy atom. The van der Waals surface area contributed by atoms with E-state index in [1.54, 1.807) is 31.1 Å². The van der Waals surface area contributed by atoms with Crippen molar-refractivity contribution in [1.29, 1.82) is 0 Å². The Kier molecular flexibility index (Phi) is 10.6. The van der Waals surface area contributed by atoms with Crippen molar-refractivity contribution >= 4 is 35.8 Å².